The molecule has 3 rings (SSSR count). The highest BCUT2D eigenvalue weighted by atomic mass is 19.1. The Morgan fingerprint density at radius 3 is 2.64 bits per heavy atom. The molecule has 0 N–H and O–H groups in total. The van der Waals surface area contributed by atoms with Crippen molar-refractivity contribution < 1.29 is 4.39 Å². The van der Waals surface area contributed by atoms with E-state index in [9.17, 15) is 9.65 Å². The summed E-state index contributed by atoms with van der Waals surface area (Å²) in [6.45, 7) is 6.19. The fraction of sp³-hybridized carbons (Fsp3) is 0.588. The summed E-state index contributed by atoms with van der Waals surface area (Å²) in [5.74, 6) is -0.343. The summed E-state index contributed by atoms with van der Waals surface area (Å²) in [4.78, 5) is 7.19. The number of hydrogen-bond acceptors (Lipinski definition) is 4. The van der Waals surface area contributed by atoms with Crippen molar-refractivity contribution in [3.8, 4) is 6.07 Å². The molecule has 2 aliphatic rings. The van der Waals surface area contributed by atoms with Gasteiger partial charge in [0.05, 0.1) is 11.3 Å². The van der Waals surface area contributed by atoms with E-state index >= 15 is 0 Å². The number of benzene rings is 1. The van der Waals surface area contributed by atoms with Gasteiger partial charge in [0.2, 0.25) is 0 Å². The number of nitrogens with zero attached hydrogens (tertiary/aromatic N) is 4. The largest absolute Gasteiger partial charge is 0.368 e. The number of anilines is 1. The van der Waals surface area contributed by atoms with Gasteiger partial charge in [-0.2, -0.15) is 5.26 Å². The third-order valence-corrected chi connectivity index (χ3v) is 4.85. The highest BCUT2D eigenvalue weighted by Crippen LogP contribution is 2.24. The Balaban J connectivity index is 1.63. The molecule has 5 heteroatoms. The van der Waals surface area contributed by atoms with E-state index < -0.39 is 0 Å². The molecule has 22 heavy (non-hydrogen) atoms. The van der Waals surface area contributed by atoms with E-state index in [0.717, 1.165) is 38.4 Å². The molecule has 0 spiro atoms. The van der Waals surface area contributed by atoms with Crippen molar-refractivity contribution in [2.24, 2.45) is 0 Å². The number of piperidine rings is 1. The molecule has 1 aromatic carbocycles. The molecule has 1 aromatic rings. The number of hydrogen-bond donors (Lipinski definition) is 0. The minimum Gasteiger partial charge on any atom is -0.368 e. The number of piperazine rings is 1. The van der Waals surface area contributed by atoms with Gasteiger partial charge < -0.3 is 9.80 Å². The fourth-order valence-corrected chi connectivity index (χ4v) is 3.64. The van der Waals surface area contributed by atoms with Crippen molar-refractivity contribution >= 4 is 5.69 Å². The van der Waals surface area contributed by atoms with Gasteiger partial charge in [0.15, 0.2) is 0 Å². The zero-order valence-corrected chi connectivity index (χ0v) is 13.1. The normalized spacial score (nSPS) is 24.2. The molecule has 4 nitrogen and oxygen atoms in total. The quantitative estimate of drug-likeness (QED) is 0.836. The Morgan fingerprint density at radius 1 is 1.18 bits per heavy atom. The molecule has 0 aliphatic carbocycles. The van der Waals surface area contributed by atoms with Crippen molar-refractivity contribution in [1.82, 2.24) is 9.80 Å². The van der Waals surface area contributed by atoms with Gasteiger partial charge in [-0.25, -0.2) is 4.39 Å². The molecule has 0 bridgehead atoms. The monoisotopic (exact) mass is 302 g/mol. The topological polar surface area (TPSA) is 33.5 Å². The lowest BCUT2D eigenvalue weighted by molar-refractivity contribution is 0.106. The SMILES string of the molecule is CN1CCCC(N2CCN(c3ccc(F)cc3C#N)CC2)C1. The molecule has 1 unspecified atom stereocenters. The Morgan fingerprint density at radius 2 is 1.95 bits per heavy atom. The van der Waals surface area contributed by atoms with E-state index in [1.807, 2.05) is 0 Å². The first-order valence-electron chi connectivity index (χ1n) is 8.04. The average Bonchev–Trinajstić information content (AvgIpc) is 2.55. The predicted molar refractivity (Wildman–Crippen MR) is 85.4 cm³/mol. The lowest BCUT2D eigenvalue weighted by Gasteiger charge is -2.43. The molecular formula is C17H23FN4. The van der Waals surface area contributed by atoms with E-state index in [1.165, 1.54) is 31.5 Å². The lowest BCUT2D eigenvalue weighted by atomic mass is 10.0. The lowest BCUT2D eigenvalue weighted by Crippen LogP contribution is -2.54. The van der Waals surface area contributed by atoms with Crippen LogP contribution in [0.3, 0.4) is 0 Å². The van der Waals surface area contributed by atoms with Gasteiger partial charge in [0.1, 0.15) is 11.9 Å². The molecule has 0 saturated carbocycles. The highest BCUT2D eigenvalue weighted by molar-refractivity contribution is 5.59. The van der Waals surface area contributed by atoms with Crippen molar-refractivity contribution in [2.45, 2.75) is 18.9 Å². The van der Waals surface area contributed by atoms with Crippen LogP contribution in [0.1, 0.15) is 18.4 Å². The minimum absolute atomic E-state index is 0.343. The summed E-state index contributed by atoms with van der Waals surface area (Å²) < 4.78 is 13.3. The Bertz CT molecular complexity index is 560. The van der Waals surface area contributed by atoms with Crippen molar-refractivity contribution in [3.05, 3.63) is 29.6 Å². The van der Waals surface area contributed by atoms with E-state index in [-0.39, 0.29) is 5.82 Å². The minimum atomic E-state index is -0.343. The van der Waals surface area contributed by atoms with Crippen molar-refractivity contribution in [1.29, 1.82) is 5.26 Å². The van der Waals surface area contributed by atoms with Crippen molar-refractivity contribution in [2.75, 3.05) is 51.2 Å². The van der Waals surface area contributed by atoms with E-state index in [1.54, 1.807) is 6.07 Å². The van der Waals surface area contributed by atoms with Gasteiger partial charge in [-0.1, -0.05) is 0 Å². The van der Waals surface area contributed by atoms with E-state index in [0.29, 0.717) is 11.6 Å². The molecule has 2 saturated heterocycles. The van der Waals surface area contributed by atoms with Crippen LogP contribution in [0.2, 0.25) is 0 Å². The smallest absolute Gasteiger partial charge is 0.124 e. The van der Waals surface area contributed by atoms with Gasteiger partial charge >= 0.3 is 0 Å². The number of likely N-dealkylation sites (N-methyl/N-ethyl adjacent to an activating group) is 1. The summed E-state index contributed by atoms with van der Waals surface area (Å²) in [5, 5.41) is 9.20. The standard InChI is InChI=1S/C17H23FN4/c1-20-6-2-3-16(13-20)21-7-9-22(10-8-21)17-5-4-15(18)11-14(17)12-19/h4-5,11,16H,2-3,6-10,13H2,1H3. The predicted octanol–water partition coefficient (Wildman–Crippen LogP) is 1.91. The molecule has 0 amide bonds. The molecule has 118 valence electrons. The van der Waals surface area contributed by atoms with Gasteiger partial charge in [-0.3, -0.25) is 4.90 Å². The summed E-state index contributed by atoms with van der Waals surface area (Å²) in [6, 6.07) is 7.28. The van der Waals surface area contributed by atoms with E-state index in [2.05, 4.69) is 27.8 Å². The molecule has 0 aromatic heterocycles. The maximum absolute atomic E-state index is 13.3. The van der Waals surface area contributed by atoms with Gasteiger partial charge in [-0.05, 0) is 44.6 Å². The summed E-state index contributed by atoms with van der Waals surface area (Å²) in [7, 11) is 2.19. The molecule has 2 aliphatic heterocycles. The second-order valence-corrected chi connectivity index (χ2v) is 6.35. The third-order valence-electron chi connectivity index (χ3n) is 4.85. The van der Waals surface area contributed by atoms with Crippen LogP contribution in [0.4, 0.5) is 10.1 Å². The van der Waals surface area contributed by atoms with Crippen LogP contribution in [-0.4, -0.2) is 62.2 Å². The molecule has 2 heterocycles. The maximum Gasteiger partial charge on any atom is 0.124 e. The highest BCUT2D eigenvalue weighted by Gasteiger charge is 2.27. The Kier molecular flexibility index (Phi) is 4.60. The van der Waals surface area contributed by atoms with Crippen LogP contribution in [0.5, 0.6) is 0 Å². The van der Waals surface area contributed by atoms with Crippen LogP contribution in [0.15, 0.2) is 18.2 Å². The molecule has 1 atom stereocenters. The second-order valence-electron chi connectivity index (χ2n) is 6.35. The molecular weight excluding hydrogens is 279 g/mol. The number of halogens is 1. The van der Waals surface area contributed by atoms with Crippen LogP contribution in [0.25, 0.3) is 0 Å². The van der Waals surface area contributed by atoms with Crippen LogP contribution >= 0.6 is 0 Å². The molecule has 0 radical (unpaired) electrons. The summed E-state index contributed by atoms with van der Waals surface area (Å²) in [6.07, 6.45) is 2.56. The zero-order valence-electron chi connectivity index (χ0n) is 13.1. The second kappa shape index (κ2) is 6.64. The number of likely N-dealkylation sites (tertiary alicyclic amines) is 1. The molecule has 2 fully saturated rings. The summed E-state index contributed by atoms with van der Waals surface area (Å²) >= 11 is 0. The third kappa shape index (κ3) is 3.23. The Labute approximate surface area is 131 Å². The average molecular weight is 302 g/mol. The number of rotatable bonds is 2. The van der Waals surface area contributed by atoms with Crippen LogP contribution < -0.4 is 4.90 Å². The van der Waals surface area contributed by atoms with Gasteiger partial charge in [-0.15, -0.1) is 0 Å². The number of nitriles is 1. The first kappa shape index (κ1) is 15.3. The van der Waals surface area contributed by atoms with E-state index in [4.69, 9.17) is 0 Å². The summed E-state index contributed by atoms with van der Waals surface area (Å²) in [5.41, 5.74) is 1.30. The van der Waals surface area contributed by atoms with Crippen LogP contribution in [0, 0.1) is 17.1 Å². The van der Waals surface area contributed by atoms with Gasteiger partial charge in [0.25, 0.3) is 0 Å². The maximum atomic E-state index is 13.3. The fourth-order valence-electron chi connectivity index (χ4n) is 3.64. The first-order valence-corrected chi connectivity index (χ1v) is 8.04. The first-order chi connectivity index (χ1) is 10.7. The van der Waals surface area contributed by atoms with Gasteiger partial charge in [0, 0.05) is 38.8 Å². The zero-order chi connectivity index (χ0) is 15.5. The van der Waals surface area contributed by atoms with Crippen molar-refractivity contribution in [3.63, 3.8) is 0 Å². The van der Waals surface area contributed by atoms with Crippen LogP contribution in [-0.2, 0) is 0 Å². The Hall–Kier alpha value is -1.64.